The van der Waals surface area contributed by atoms with Gasteiger partial charge in [-0.1, -0.05) is 92.4 Å². The Hall–Kier alpha value is -3.04. The third-order valence-corrected chi connectivity index (χ3v) is 6.59. The van der Waals surface area contributed by atoms with Gasteiger partial charge in [0.05, 0.1) is 7.11 Å². The van der Waals surface area contributed by atoms with Gasteiger partial charge in [-0.15, -0.1) is 6.58 Å². The van der Waals surface area contributed by atoms with Crippen LogP contribution in [-0.4, -0.2) is 13.4 Å². The quantitative estimate of drug-likeness (QED) is 0.204. The molecule has 3 aromatic rings. The zero-order valence-electron chi connectivity index (χ0n) is 20.2. The van der Waals surface area contributed by atoms with Crippen molar-refractivity contribution in [2.45, 2.75) is 63.3 Å². The Labute approximate surface area is 204 Å². The monoisotopic (exact) mass is 456 g/mol. The third kappa shape index (κ3) is 5.37. The van der Waals surface area contributed by atoms with Crippen molar-refractivity contribution in [1.29, 1.82) is 0 Å². The molecule has 0 bridgehead atoms. The van der Waals surface area contributed by atoms with E-state index in [1.165, 1.54) is 32.1 Å². The van der Waals surface area contributed by atoms with Crippen LogP contribution in [0.4, 0.5) is 0 Å². The van der Waals surface area contributed by atoms with Crippen molar-refractivity contribution in [3.8, 4) is 11.5 Å². The highest BCUT2D eigenvalue weighted by Crippen LogP contribution is 2.49. The lowest BCUT2D eigenvalue weighted by Gasteiger charge is -2.43. The van der Waals surface area contributed by atoms with Crippen LogP contribution in [-0.2, 0) is 10.3 Å². The summed E-state index contributed by atoms with van der Waals surface area (Å²) in [6.45, 7) is 3.81. The predicted molar refractivity (Wildman–Crippen MR) is 138 cm³/mol. The molecule has 0 radical (unpaired) electrons. The molecule has 3 aromatic carbocycles. The Balaban J connectivity index is 1.61. The summed E-state index contributed by atoms with van der Waals surface area (Å²) in [6.07, 6.45) is 11.0. The largest absolute Gasteiger partial charge is 0.497 e. The van der Waals surface area contributed by atoms with E-state index in [1.807, 2.05) is 30.3 Å². The number of methoxy groups -OCH3 is 1. The van der Waals surface area contributed by atoms with E-state index in [9.17, 15) is 0 Å². The van der Waals surface area contributed by atoms with Crippen LogP contribution in [0.5, 0.6) is 11.5 Å². The summed E-state index contributed by atoms with van der Waals surface area (Å²) in [7, 11) is 1.69. The van der Waals surface area contributed by atoms with Crippen LogP contribution < -0.4 is 9.47 Å². The minimum absolute atomic E-state index is 0.318. The fraction of sp³-hybridized carbons (Fsp3) is 0.355. The van der Waals surface area contributed by atoms with Crippen LogP contribution in [0.3, 0.4) is 0 Å². The van der Waals surface area contributed by atoms with Gasteiger partial charge in [-0.3, -0.25) is 0 Å². The molecule has 3 nitrogen and oxygen atoms in total. The summed E-state index contributed by atoms with van der Waals surface area (Å²) >= 11 is 0. The molecule has 1 aliphatic heterocycles. The molecule has 1 heterocycles. The standard InChI is InChI=1S/C31H36O3/c1-3-4-5-6-7-8-9-16-21-30-33-29-23-22-27(32-2)24-28(29)31(34-30,25-17-12-10-13-18-25)26-19-14-11-15-20-26/h3,10-15,17-20,22-24,30H,1,4-9,16,21H2,2H3. The molecule has 1 atom stereocenters. The molecular weight excluding hydrogens is 420 g/mol. The molecule has 0 spiro atoms. The van der Waals surface area contributed by atoms with Crippen molar-refractivity contribution < 1.29 is 14.2 Å². The normalized spacial score (nSPS) is 16.3. The molecule has 1 unspecified atom stereocenters. The Bertz CT molecular complexity index is 990. The fourth-order valence-electron chi connectivity index (χ4n) is 4.82. The van der Waals surface area contributed by atoms with Gasteiger partial charge in [0, 0.05) is 12.0 Å². The molecule has 0 saturated carbocycles. The summed E-state index contributed by atoms with van der Waals surface area (Å²) in [5.41, 5.74) is 2.39. The highest BCUT2D eigenvalue weighted by atomic mass is 16.7. The summed E-state index contributed by atoms with van der Waals surface area (Å²) in [4.78, 5) is 0. The molecule has 0 aliphatic carbocycles. The maximum atomic E-state index is 6.94. The van der Waals surface area contributed by atoms with Crippen molar-refractivity contribution in [3.63, 3.8) is 0 Å². The van der Waals surface area contributed by atoms with Gasteiger partial charge in [0.2, 0.25) is 6.29 Å². The number of ether oxygens (including phenoxy) is 3. The topological polar surface area (TPSA) is 27.7 Å². The summed E-state index contributed by atoms with van der Waals surface area (Å²) in [6, 6.07) is 27.0. The molecule has 34 heavy (non-hydrogen) atoms. The molecule has 0 amide bonds. The van der Waals surface area contributed by atoms with E-state index < -0.39 is 5.60 Å². The molecule has 0 N–H and O–H groups in total. The number of fused-ring (bicyclic) bond motifs is 1. The van der Waals surface area contributed by atoms with Crippen molar-refractivity contribution >= 4 is 0 Å². The first-order chi connectivity index (χ1) is 16.8. The van der Waals surface area contributed by atoms with E-state index in [1.54, 1.807) is 7.11 Å². The van der Waals surface area contributed by atoms with E-state index in [4.69, 9.17) is 14.2 Å². The molecular formula is C31H36O3. The lowest BCUT2D eigenvalue weighted by atomic mass is 9.79. The van der Waals surface area contributed by atoms with Gasteiger partial charge in [0.15, 0.2) is 5.60 Å². The van der Waals surface area contributed by atoms with Crippen LogP contribution in [0, 0.1) is 0 Å². The van der Waals surface area contributed by atoms with Crippen molar-refractivity contribution in [1.82, 2.24) is 0 Å². The van der Waals surface area contributed by atoms with E-state index in [0.29, 0.717) is 0 Å². The van der Waals surface area contributed by atoms with Gasteiger partial charge in [-0.05, 0) is 48.6 Å². The number of unbranched alkanes of at least 4 members (excludes halogenated alkanes) is 6. The van der Waals surface area contributed by atoms with Crippen molar-refractivity contribution in [2.24, 2.45) is 0 Å². The van der Waals surface area contributed by atoms with E-state index in [0.717, 1.165) is 47.5 Å². The number of allylic oxidation sites excluding steroid dienone is 1. The van der Waals surface area contributed by atoms with Crippen molar-refractivity contribution in [3.05, 3.63) is 108 Å². The molecule has 178 valence electrons. The number of hydrogen-bond donors (Lipinski definition) is 0. The van der Waals surface area contributed by atoms with Crippen LogP contribution in [0.1, 0.15) is 68.1 Å². The summed E-state index contributed by atoms with van der Waals surface area (Å²) < 4.78 is 18.9. The molecule has 1 aliphatic rings. The lowest BCUT2D eigenvalue weighted by Crippen LogP contribution is -2.43. The second-order valence-electron chi connectivity index (χ2n) is 8.93. The highest BCUT2D eigenvalue weighted by molar-refractivity contribution is 5.56. The Morgan fingerprint density at radius 2 is 1.44 bits per heavy atom. The van der Waals surface area contributed by atoms with Crippen molar-refractivity contribution in [2.75, 3.05) is 7.11 Å². The van der Waals surface area contributed by atoms with Crippen LogP contribution in [0.15, 0.2) is 91.5 Å². The van der Waals surface area contributed by atoms with E-state index in [2.05, 4.69) is 61.2 Å². The van der Waals surface area contributed by atoms with Gasteiger partial charge in [-0.25, -0.2) is 0 Å². The Morgan fingerprint density at radius 1 is 0.824 bits per heavy atom. The zero-order chi connectivity index (χ0) is 23.6. The van der Waals surface area contributed by atoms with E-state index >= 15 is 0 Å². The van der Waals surface area contributed by atoms with Gasteiger partial charge in [-0.2, -0.15) is 0 Å². The molecule has 0 fully saturated rings. The number of benzene rings is 3. The van der Waals surface area contributed by atoms with Gasteiger partial charge < -0.3 is 14.2 Å². The maximum absolute atomic E-state index is 6.94. The lowest BCUT2D eigenvalue weighted by molar-refractivity contribution is -0.166. The minimum Gasteiger partial charge on any atom is -0.497 e. The zero-order valence-corrected chi connectivity index (χ0v) is 20.2. The predicted octanol–water partition coefficient (Wildman–Crippen LogP) is 8.03. The van der Waals surface area contributed by atoms with Gasteiger partial charge in [0.25, 0.3) is 0 Å². The van der Waals surface area contributed by atoms with Crippen LogP contribution in [0.25, 0.3) is 0 Å². The average Bonchev–Trinajstić information content (AvgIpc) is 2.90. The first-order valence-corrected chi connectivity index (χ1v) is 12.5. The van der Waals surface area contributed by atoms with E-state index in [-0.39, 0.29) is 6.29 Å². The smallest absolute Gasteiger partial charge is 0.201 e. The molecule has 3 heteroatoms. The van der Waals surface area contributed by atoms with Crippen LogP contribution in [0.2, 0.25) is 0 Å². The average molecular weight is 457 g/mol. The fourth-order valence-corrected chi connectivity index (χ4v) is 4.82. The second-order valence-corrected chi connectivity index (χ2v) is 8.93. The molecule has 0 aromatic heterocycles. The number of hydrogen-bond acceptors (Lipinski definition) is 3. The minimum atomic E-state index is -0.764. The second kappa shape index (κ2) is 11.9. The Kier molecular flexibility index (Phi) is 8.43. The Morgan fingerprint density at radius 3 is 2.06 bits per heavy atom. The molecule has 4 rings (SSSR count). The molecule has 0 saturated heterocycles. The summed E-state index contributed by atoms with van der Waals surface area (Å²) in [5.74, 6) is 1.64. The maximum Gasteiger partial charge on any atom is 0.201 e. The SMILES string of the molecule is C=CCCCCCCCCC1Oc2ccc(OC)cc2C(c2ccccc2)(c2ccccc2)O1. The third-order valence-electron chi connectivity index (χ3n) is 6.59. The van der Waals surface area contributed by atoms with Gasteiger partial charge >= 0.3 is 0 Å². The number of rotatable bonds is 12. The van der Waals surface area contributed by atoms with Gasteiger partial charge in [0.1, 0.15) is 11.5 Å². The highest BCUT2D eigenvalue weighted by Gasteiger charge is 2.46. The summed E-state index contributed by atoms with van der Waals surface area (Å²) in [5, 5.41) is 0. The first kappa shape index (κ1) is 24.1. The van der Waals surface area contributed by atoms with Crippen LogP contribution >= 0.6 is 0 Å². The first-order valence-electron chi connectivity index (χ1n) is 12.5.